The van der Waals surface area contributed by atoms with E-state index in [1.807, 2.05) is 0 Å². The van der Waals surface area contributed by atoms with Crippen LogP contribution >= 0.6 is 0 Å². The van der Waals surface area contributed by atoms with Crippen molar-refractivity contribution in [3.8, 4) is 6.07 Å². The van der Waals surface area contributed by atoms with E-state index in [-0.39, 0.29) is 11.8 Å². The number of nitriles is 1. The zero-order valence-electron chi connectivity index (χ0n) is 7.92. The number of rotatable bonds is 2. The van der Waals surface area contributed by atoms with Crippen LogP contribution in [0.5, 0.6) is 0 Å². The van der Waals surface area contributed by atoms with E-state index in [2.05, 4.69) is 16.3 Å². The van der Waals surface area contributed by atoms with Crippen LogP contribution in [0.3, 0.4) is 0 Å². The maximum atomic E-state index is 11.2. The Labute approximate surface area is 78.5 Å². The molecule has 1 heterocycles. The quantitative estimate of drug-likeness (QED) is 0.608. The third kappa shape index (κ3) is 2.71. The summed E-state index contributed by atoms with van der Waals surface area (Å²) in [6, 6.07) is 2.12. The number of hydrogen-bond donors (Lipinski definition) is 1. The van der Waals surface area contributed by atoms with E-state index in [1.54, 1.807) is 7.05 Å². The molecule has 0 aliphatic carbocycles. The first-order chi connectivity index (χ1) is 6.27. The second-order valence-electron chi connectivity index (χ2n) is 3.32. The number of carbonyl (C=O) groups is 1. The van der Waals surface area contributed by atoms with E-state index in [0.717, 1.165) is 25.9 Å². The first kappa shape index (κ1) is 10.0. The Hall–Kier alpha value is -1.08. The third-order valence-corrected chi connectivity index (χ3v) is 2.50. The number of amides is 1. The second-order valence-corrected chi connectivity index (χ2v) is 3.32. The zero-order valence-corrected chi connectivity index (χ0v) is 7.92. The first-order valence-corrected chi connectivity index (χ1v) is 4.59. The molecule has 0 aromatic heterocycles. The molecule has 4 heteroatoms. The molecule has 1 fully saturated rings. The van der Waals surface area contributed by atoms with E-state index in [1.165, 1.54) is 0 Å². The van der Waals surface area contributed by atoms with E-state index < -0.39 is 0 Å². The number of nitrogens with zero attached hydrogens (tertiary/aromatic N) is 2. The van der Waals surface area contributed by atoms with Crippen molar-refractivity contribution in [2.24, 2.45) is 5.92 Å². The maximum absolute atomic E-state index is 11.2. The summed E-state index contributed by atoms with van der Waals surface area (Å²) in [6.07, 6.45) is 1.75. The Morgan fingerprint density at radius 2 is 2.23 bits per heavy atom. The Kier molecular flexibility index (Phi) is 3.71. The topological polar surface area (TPSA) is 56.1 Å². The van der Waals surface area contributed by atoms with Crippen molar-refractivity contribution in [2.45, 2.75) is 12.8 Å². The fourth-order valence-corrected chi connectivity index (χ4v) is 1.66. The van der Waals surface area contributed by atoms with Crippen LogP contribution in [0, 0.1) is 17.2 Å². The van der Waals surface area contributed by atoms with Crippen LogP contribution in [0.1, 0.15) is 12.8 Å². The smallest absolute Gasteiger partial charge is 0.222 e. The van der Waals surface area contributed by atoms with Gasteiger partial charge in [-0.2, -0.15) is 5.26 Å². The number of piperidine rings is 1. The van der Waals surface area contributed by atoms with Gasteiger partial charge in [-0.25, -0.2) is 0 Å². The zero-order chi connectivity index (χ0) is 9.68. The van der Waals surface area contributed by atoms with Crippen molar-refractivity contribution in [2.75, 3.05) is 26.7 Å². The SMILES string of the molecule is CNC(=O)C1CCN(CC#N)CC1. The van der Waals surface area contributed by atoms with E-state index in [4.69, 9.17) is 5.26 Å². The minimum atomic E-state index is 0.136. The molecule has 0 aromatic carbocycles. The molecule has 4 nitrogen and oxygen atoms in total. The standard InChI is InChI=1S/C9H15N3O/c1-11-9(13)8-2-5-12(6-3-8)7-4-10/h8H,2-3,5-7H2,1H3,(H,11,13). The van der Waals surface area contributed by atoms with Crippen molar-refractivity contribution in [1.29, 1.82) is 5.26 Å². The van der Waals surface area contributed by atoms with Gasteiger partial charge >= 0.3 is 0 Å². The maximum Gasteiger partial charge on any atom is 0.222 e. The van der Waals surface area contributed by atoms with Crippen LogP contribution in [-0.4, -0.2) is 37.5 Å². The van der Waals surface area contributed by atoms with Gasteiger partial charge in [0.1, 0.15) is 0 Å². The van der Waals surface area contributed by atoms with E-state index in [9.17, 15) is 4.79 Å². The van der Waals surface area contributed by atoms with Crippen LogP contribution in [0.25, 0.3) is 0 Å². The summed E-state index contributed by atoms with van der Waals surface area (Å²) in [6.45, 7) is 2.22. The van der Waals surface area contributed by atoms with Gasteiger partial charge in [0, 0.05) is 13.0 Å². The fourth-order valence-electron chi connectivity index (χ4n) is 1.66. The van der Waals surface area contributed by atoms with E-state index >= 15 is 0 Å². The van der Waals surface area contributed by atoms with Crippen LogP contribution in [-0.2, 0) is 4.79 Å². The highest BCUT2D eigenvalue weighted by Crippen LogP contribution is 2.16. The molecule has 0 atom stereocenters. The van der Waals surface area contributed by atoms with Gasteiger partial charge in [-0.15, -0.1) is 0 Å². The lowest BCUT2D eigenvalue weighted by Crippen LogP contribution is -2.39. The number of nitrogens with one attached hydrogen (secondary N) is 1. The van der Waals surface area contributed by atoms with E-state index in [0.29, 0.717) is 6.54 Å². The van der Waals surface area contributed by atoms with Crippen molar-refractivity contribution in [3.05, 3.63) is 0 Å². The Morgan fingerprint density at radius 1 is 1.62 bits per heavy atom. The number of hydrogen-bond acceptors (Lipinski definition) is 3. The van der Waals surface area contributed by atoms with Crippen LogP contribution in [0.2, 0.25) is 0 Å². The highest BCUT2D eigenvalue weighted by molar-refractivity contribution is 5.78. The minimum Gasteiger partial charge on any atom is -0.359 e. The average molecular weight is 181 g/mol. The molecule has 13 heavy (non-hydrogen) atoms. The van der Waals surface area contributed by atoms with Gasteiger partial charge in [-0.05, 0) is 25.9 Å². The molecule has 1 rings (SSSR count). The molecule has 1 amide bonds. The second kappa shape index (κ2) is 4.83. The van der Waals surface area contributed by atoms with Gasteiger partial charge in [-0.3, -0.25) is 9.69 Å². The molecule has 0 radical (unpaired) electrons. The van der Waals surface area contributed by atoms with Crippen molar-refractivity contribution in [1.82, 2.24) is 10.2 Å². The predicted molar refractivity (Wildman–Crippen MR) is 48.8 cm³/mol. The number of likely N-dealkylation sites (tertiary alicyclic amines) is 1. The molecular weight excluding hydrogens is 166 g/mol. The molecule has 0 aromatic rings. The largest absolute Gasteiger partial charge is 0.359 e. The Morgan fingerprint density at radius 3 is 2.69 bits per heavy atom. The number of carbonyl (C=O) groups excluding carboxylic acids is 1. The van der Waals surface area contributed by atoms with Gasteiger partial charge < -0.3 is 5.32 Å². The molecular formula is C9H15N3O. The summed E-state index contributed by atoms with van der Waals surface area (Å²) >= 11 is 0. The monoisotopic (exact) mass is 181 g/mol. The highest BCUT2D eigenvalue weighted by Gasteiger charge is 2.23. The Balaban J connectivity index is 2.31. The van der Waals surface area contributed by atoms with Gasteiger partial charge in [0.2, 0.25) is 5.91 Å². The predicted octanol–water partition coefficient (Wildman–Crippen LogP) is -0.0320. The van der Waals surface area contributed by atoms with Crippen LogP contribution in [0.15, 0.2) is 0 Å². The van der Waals surface area contributed by atoms with Gasteiger partial charge in [0.15, 0.2) is 0 Å². The molecule has 1 N–H and O–H groups in total. The van der Waals surface area contributed by atoms with Crippen LogP contribution < -0.4 is 5.32 Å². The average Bonchev–Trinajstić information content (AvgIpc) is 2.18. The van der Waals surface area contributed by atoms with Gasteiger partial charge in [0.05, 0.1) is 12.6 Å². The lowest BCUT2D eigenvalue weighted by molar-refractivity contribution is -0.125. The molecule has 1 saturated heterocycles. The first-order valence-electron chi connectivity index (χ1n) is 4.59. The summed E-state index contributed by atoms with van der Waals surface area (Å²) in [7, 11) is 1.67. The molecule has 72 valence electrons. The fraction of sp³-hybridized carbons (Fsp3) is 0.778. The minimum absolute atomic E-state index is 0.136. The lowest BCUT2D eigenvalue weighted by atomic mass is 9.96. The third-order valence-electron chi connectivity index (χ3n) is 2.50. The summed E-state index contributed by atoms with van der Waals surface area (Å²) in [5.41, 5.74) is 0. The molecule has 0 spiro atoms. The molecule has 1 aliphatic heterocycles. The Bertz CT molecular complexity index is 213. The van der Waals surface area contributed by atoms with Gasteiger partial charge in [0.25, 0.3) is 0 Å². The molecule has 0 unspecified atom stereocenters. The summed E-state index contributed by atoms with van der Waals surface area (Å²) in [4.78, 5) is 13.3. The van der Waals surface area contributed by atoms with Crippen molar-refractivity contribution >= 4 is 5.91 Å². The van der Waals surface area contributed by atoms with Crippen LogP contribution in [0.4, 0.5) is 0 Å². The molecule has 0 bridgehead atoms. The normalized spacial score (nSPS) is 19.4. The highest BCUT2D eigenvalue weighted by atomic mass is 16.1. The summed E-state index contributed by atoms with van der Waals surface area (Å²) in [5.74, 6) is 0.288. The van der Waals surface area contributed by atoms with Gasteiger partial charge in [-0.1, -0.05) is 0 Å². The summed E-state index contributed by atoms with van der Waals surface area (Å²) in [5, 5.41) is 11.1. The molecule has 1 aliphatic rings. The lowest BCUT2D eigenvalue weighted by Gasteiger charge is -2.28. The van der Waals surface area contributed by atoms with Crippen molar-refractivity contribution < 1.29 is 4.79 Å². The summed E-state index contributed by atoms with van der Waals surface area (Å²) < 4.78 is 0. The molecule has 0 saturated carbocycles. The van der Waals surface area contributed by atoms with Crippen molar-refractivity contribution in [3.63, 3.8) is 0 Å².